The van der Waals surface area contributed by atoms with E-state index in [9.17, 15) is 13.5 Å². The summed E-state index contributed by atoms with van der Waals surface area (Å²) in [5.41, 5.74) is 7.88. The molecule has 1 saturated carbocycles. The zero-order valence-corrected chi connectivity index (χ0v) is 17.2. The third-order valence-electron chi connectivity index (χ3n) is 5.23. The van der Waals surface area contributed by atoms with Gasteiger partial charge < -0.3 is 10.8 Å². The number of aryl methyl sites for hydroxylation is 1. The molecule has 4 rings (SSSR count). The predicted molar refractivity (Wildman–Crippen MR) is 110 cm³/mol. The standard InChI is InChI=1S/C19H23N7O3S/c1-12-2-7-15(30(28,29)25-13-3-5-14(27)6-4-13)8-16(12)17-9-22-18(20)19(24-17)26-11-21-10-23-26/h2,7-11,13-14,25,27H,3-6H2,1H3,(H2,20,22). The van der Waals surface area contributed by atoms with Crippen molar-refractivity contribution in [1.82, 2.24) is 29.5 Å². The molecule has 158 valence electrons. The van der Waals surface area contributed by atoms with Crippen LogP contribution in [0.1, 0.15) is 31.2 Å². The summed E-state index contributed by atoms with van der Waals surface area (Å²) in [6.45, 7) is 1.87. The van der Waals surface area contributed by atoms with Crippen LogP contribution in [-0.2, 0) is 10.0 Å². The molecule has 1 aromatic carbocycles. The summed E-state index contributed by atoms with van der Waals surface area (Å²) in [4.78, 5) is 12.7. The summed E-state index contributed by atoms with van der Waals surface area (Å²) in [6, 6.07) is 4.71. The van der Waals surface area contributed by atoms with Gasteiger partial charge in [0.25, 0.3) is 0 Å². The molecule has 10 nitrogen and oxygen atoms in total. The van der Waals surface area contributed by atoms with Gasteiger partial charge in [-0.3, -0.25) is 0 Å². The van der Waals surface area contributed by atoms with E-state index in [1.165, 1.54) is 23.5 Å². The van der Waals surface area contributed by atoms with Crippen molar-refractivity contribution < 1.29 is 13.5 Å². The molecule has 0 unspecified atom stereocenters. The van der Waals surface area contributed by atoms with Crippen LogP contribution in [0.3, 0.4) is 0 Å². The molecule has 3 aromatic rings. The molecule has 1 aliphatic rings. The molecule has 0 radical (unpaired) electrons. The summed E-state index contributed by atoms with van der Waals surface area (Å²) < 4.78 is 30.0. The molecule has 30 heavy (non-hydrogen) atoms. The van der Waals surface area contributed by atoms with Crippen LogP contribution in [-0.4, -0.2) is 50.4 Å². The number of nitrogens with one attached hydrogen (secondary N) is 1. The Morgan fingerprint density at radius 1 is 1.23 bits per heavy atom. The van der Waals surface area contributed by atoms with E-state index in [0.29, 0.717) is 42.8 Å². The highest BCUT2D eigenvalue weighted by molar-refractivity contribution is 7.89. The Morgan fingerprint density at radius 3 is 2.70 bits per heavy atom. The second-order valence-corrected chi connectivity index (χ2v) is 9.12. The topological polar surface area (TPSA) is 149 Å². The average Bonchev–Trinajstić information content (AvgIpc) is 3.25. The van der Waals surface area contributed by atoms with E-state index in [-0.39, 0.29) is 22.9 Å². The maximum atomic E-state index is 12.9. The van der Waals surface area contributed by atoms with Crippen LogP contribution in [0.2, 0.25) is 0 Å². The number of benzene rings is 1. The monoisotopic (exact) mass is 429 g/mol. The predicted octanol–water partition coefficient (Wildman–Crippen LogP) is 1.20. The fourth-order valence-electron chi connectivity index (χ4n) is 3.53. The Bertz CT molecular complexity index is 1140. The maximum absolute atomic E-state index is 12.9. The highest BCUT2D eigenvalue weighted by Crippen LogP contribution is 2.27. The van der Waals surface area contributed by atoms with Crippen molar-refractivity contribution >= 4 is 15.8 Å². The minimum Gasteiger partial charge on any atom is -0.393 e. The van der Waals surface area contributed by atoms with Crippen molar-refractivity contribution in [2.24, 2.45) is 0 Å². The molecule has 4 N–H and O–H groups in total. The first-order valence-electron chi connectivity index (χ1n) is 9.62. The van der Waals surface area contributed by atoms with Gasteiger partial charge in [0, 0.05) is 11.6 Å². The van der Waals surface area contributed by atoms with Crippen LogP contribution < -0.4 is 10.5 Å². The summed E-state index contributed by atoms with van der Waals surface area (Å²) in [7, 11) is -3.72. The van der Waals surface area contributed by atoms with Gasteiger partial charge in [-0.25, -0.2) is 28.1 Å². The van der Waals surface area contributed by atoms with Crippen molar-refractivity contribution in [2.75, 3.05) is 5.73 Å². The van der Waals surface area contributed by atoms with E-state index in [4.69, 9.17) is 5.73 Å². The van der Waals surface area contributed by atoms with E-state index >= 15 is 0 Å². The van der Waals surface area contributed by atoms with Crippen LogP contribution in [0.25, 0.3) is 17.1 Å². The molecule has 0 saturated heterocycles. The van der Waals surface area contributed by atoms with Gasteiger partial charge in [-0.2, -0.15) is 9.78 Å². The Morgan fingerprint density at radius 2 is 2.00 bits per heavy atom. The van der Waals surface area contributed by atoms with Crippen LogP contribution in [0.15, 0.2) is 41.9 Å². The van der Waals surface area contributed by atoms with Crippen LogP contribution in [0.4, 0.5) is 5.82 Å². The lowest BCUT2D eigenvalue weighted by molar-refractivity contribution is 0.120. The number of sulfonamides is 1. The molecule has 0 atom stereocenters. The number of nitrogens with zero attached hydrogens (tertiary/aromatic N) is 5. The Balaban J connectivity index is 1.66. The fourth-order valence-corrected chi connectivity index (χ4v) is 4.86. The number of nitrogens with two attached hydrogens (primary N) is 1. The fraction of sp³-hybridized carbons (Fsp3) is 0.368. The molecule has 1 aliphatic carbocycles. The number of aliphatic hydroxyl groups is 1. The molecule has 1 fully saturated rings. The van der Waals surface area contributed by atoms with Gasteiger partial charge in [0.2, 0.25) is 10.0 Å². The quantitative estimate of drug-likeness (QED) is 0.548. The normalized spacial score (nSPS) is 19.7. The summed E-state index contributed by atoms with van der Waals surface area (Å²) in [5.74, 6) is 0.503. The average molecular weight is 430 g/mol. The number of aliphatic hydroxyl groups excluding tert-OH is 1. The van der Waals surface area contributed by atoms with Gasteiger partial charge in [-0.15, -0.1) is 0 Å². The molecule has 0 aliphatic heterocycles. The summed E-state index contributed by atoms with van der Waals surface area (Å²) in [6.07, 6.45) is 6.40. The molecule has 0 spiro atoms. The minimum absolute atomic E-state index is 0.148. The lowest BCUT2D eigenvalue weighted by Crippen LogP contribution is -2.38. The molecule has 0 bridgehead atoms. The number of nitrogen functional groups attached to an aromatic ring is 1. The molecule has 2 heterocycles. The Hall–Kier alpha value is -2.89. The van der Waals surface area contributed by atoms with Gasteiger partial charge in [-0.1, -0.05) is 6.07 Å². The zero-order valence-electron chi connectivity index (χ0n) is 16.4. The lowest BCUT2D eigenvalue weighted by atomic mass is 9.94. The largest absolute Gasteiger partial charge is 0.393 e. The van der Waals surface area contributed by atoms with Crippen molar-refractivity contribution in [2.45, 2.75) is 49.6 Å². The zero-order chi connectivity index (χ0) is 21.3. The first-order chi connectivity index (χ1) is 14.3. The van der Waals surface area contributed by atoms with Crippen molar-refractivity contribution in [1.29, 1.82) is 0 Å². The molecule has 0 amide bonds. The Kier molecular flexibility index (Phi) is 5.50. The van der Waals surface area contributed by atoms with Gasteiger partial charge >= 0.3 is 0 Å². The third kappa shape index (κ3) is 4.18. The van der Waals surface area contributed by atoms with E-state index < -0.39 is 10.0 Å². The van der Waals surface area contributed by atoms with E-state index in [0.717, 1.165) is 5.56 Å². The number of aromatic nitrogens is 5. The number of anilines is 1. The lowest BCUT2D eigenvalue weighted by Gasteiger charge is -2.26. The number of hydrogen-bond acceptors (Lipinski definition) is 8. The summed E-state index contributed by atoms with van der Waals surface area (Å²) >= 11 is 0. The van der Waals surface area contributed by atoms with Gasteiger partial charge in [0.05, 0.1) is 22.9 Å². The highest BCUT2D eigenvalue weighted by Gasteiger charge is 2.25. The van der Waals surface area contributed by atoms with E-state index in [1.807, 2.05) is 6.92 Å². The smallest absolute Gasteiger partial charge is 0.240 e. The van der Waals surface area contributed by atoms with Crippen LogP contribution in [0.5, 0.6) is 0 Å². The van der Waals surface area contributed by atoms with E-state index in [1.54, 1.807) is 18.2 Å². The minimum atomic E-state index is -3.72. The van der Waals surface area contributed by atoms with Crippen LogP contribution in [0, 0.1) is 6.92 Å². The second kappa shape index (κ2) is 8.09. The first-order valence-corrected chi connectivity index (χ1v) is 11.1. The second-order valence-electron chi connectivity index (χ2n) is 7.41. The number of hydrogen-bond donors (Lipinski definition) is 3. The SMILES string of the molecule is Cc1ccc(S(=O)(=O)NC2CCC(O)CC2)cc1-c1cnc(N)c(-n2cncn2)n1. The van der Waals surface area contributed by atoms with Crippen molar-refractivity contribution in [3.63, 3.8) is 0 Å². The first kappa shape index (κ1) is 20.4. The van der Waals surface area contributed by atoms with Crippen LogP contribution >= 0.6 is 0 Å². The maximum Gasteiger partial charge on any atom is 0.240 e. The van der Waals surface area contributed by atoms with Crippen molar-refractivity contribution in [3.05, 3.63) is 42.6 Å². The third-order valence-corrected chi connectivity index (χ3v) is 6.75. The van der Waals surface area contributed by atoms with Gasteiger partial charge in [0.1, 0.15) is 12.7 Å². The van der Waals surface area contributed by atoms with Crippen molar-refractivity contribution in [3.8, 4) is 17.1 Å². The van der Waals surface area contributed by atoms with E-state index in [2.05, 4.69) is 24.8 Å². The number of rotatable bonds is 5. The molecule has 2 aromatic heterocycles. The highest BCUT2D eigenvalue weighted by atomic mass is 32.2. The molecular weight excluding hydrogens is 406 g/mol. The summed E-state index contributed by atoms with van der Waals surface area (Å²) in [5, 5.41) is 13.7. The molecule has 11 heteroatoms. The van der Waals surface area contributed by atoms with Gasteiger partial charge in [0.15, 0.2) is 11.6 Å². The van der Waals surface area contributed by atoms with Gasteiger partial charge in [-0.05, 0) is 50.3 Å². The molecular formula is C19H23N7O3S. The Labute approximate surface area is 174 Å².